The Balaban J connectivity index is 2.15. The Morgan fingerprint density at radius 1 is 1.19 bits per heavy atom. The van der Waals surface area contributed by atoms with E-state index < -0.39 is 0 Å². The van der Waals surface area contributed by atoms with Gasteiger partial charge in [-0.1, -0.05) is 22.0 Å². The van der Waals surface area contributed by atoms with Crippen molar-refractivity contribution in [1.29, 1.82) is 0 Å². The van der Waals surface area contributed by atoms with Gasteiger partial charge >= 0.3 is 0 Å². The molecule has 0 aromatic heterocycles. The second-order valence-corrected chi connectivity index (χ2v) is 5.27. The van der Waals surface area contributed by atoms with E-state index in [1.54, 1.807) is 25.1 Å². The molecule has 0 aliphatic rings. The maximum absolute atomic E-state index is 11.9. The Hall–Kier alpha value is -2.34. The van der Waals surface area contributed by atoms with Crippen molar-refractivity contribution in [3.8, 4) is 11.5 Å². The summed E-state index contributed by atoms with van der Waals surface area (Å²) in [6.07, 6.45) is 0. The largest absolute Gasteiger partial charge is 0.508 e. The Bertz CT molecular complexity index is 714. The lowest BCUT2D eigenvalue weighted by Gasteiger charge is -2.05. The van der Waals surface area contributed by atoms with Crippen LogP contribution in [-0.4, -0.2) is 21.8 Å². The van der Waals surface area contributed by atoms with Crippen molar-refractivity contribution in [1.82, 2.24) is 5.43 Å². The zero-order valence-corrected chi connectivity index (χ0v) is 12.8. The first-order valence-electron chi connectivity index (χ1n) is 6.10. The van der Waals surface area contributed by atoms with Crippen LogP contribution < -0.4 is 5.43 Å². The lowest BCUT2D eigenvalue weighted by Crippen LogP contribution is -2.19. The van der Waals surface area contributed by atoms with E-state index in [-0.39, 0.29) is 17.4 Å². The minimum atomic E-state index is -0.353. The Labute approximate surface area is 130 Å². The van der Waals surface area contributed by atoms with Crippen LogP contribution in [0.1, 0.15) is 22.8 Å². The molecule has 0 saturated carbocycles. The predicted molar refractivity (Wildman–Crippen MR) is 83.6 cm³/mol. The van der Waals surface area contributed by atoms with Crippen molar-refractivity contribution in [3.05, 3.63) is 58.1 Å². The zero-order valence-electron chi connectivity index (χ0n) is 11.2. The van der Waals surface area contributed by atoms with Crippen LogP contribution in [0.4, 0.5) is 0 Å². The molecule has 5 nitrogen and oxygen atoms in total. The predicted octanol–water partition coefficient (Wildman–Crippen LogP) is 3.01. The van der Waals surface area contributed by atoms with E-state index in [0.29, 0.717) is 16.8 Å². The fourth-order valence-electron chi connectivity index (χ4n) is 1.72. The number of rotatable bonds is 3. The third-order valence-electron chi connectivity index (χ3n) is 2.78. The summed E-state index contributed by atoms with van der Waals surface area (Å²) in [7, 11) is 0. The zero-order chi connectivity index (χ0) is 15.4. The average Bonchev–Trinajstić information content (AvgIpc) is 2.44. The summed E-state index contributed by atoms with van der Waals surface area (Å²) in [4.78, 5) is 11.9. The highest BCUT2D eigenvalue weighted by Gasteiger charge is 2.08. The van der Waals surface area contributed by atoms with Crippen LogP contribution >= 0.6 is 15.9 Å². The number of amides is 1. The molecule has 0 fully saturated rings. The number of phenolic OH excluding ortho intramolecular Hbond substituents is 2. The van der Waals surface area contributed by atoms with Crippen LogP contribution in [0.15, 0.2) is 52.0 Å². The first-order chi connectivity index (χ1) is 9.97. The van der Waals surface area contributed by atoms with Gasteiger partial charge in [-0.05, 0) is 37.3 Å². The van der Waals surface area contributed by atoms with Crippen LogP contribution in [0, 0.1) is 0 Å². The minimum Gasteiger partial charge on any atom is -0.508 e. The molecule has 108 valence electrons. The van der Waals surface area contributed by atoms with Gasteiger partial charge < -0.3 is 10.2 Å². The summed E-state index contributed by atoms with van der Waals surface area (Å²) in [6, 6.07) is 11.1. The monoisotopic (exact) mass is 348 g/mol. The SMILES string of the molecule is C/C(=N\NC(=O)c1cccc(Br)c1)c1ccc(O)cc1O. The van der Waals surface area contributed by atoms with Gasteiger partial charge in [0.1, 0.15) is 11.5 Å². The first kappa shape index (κ1) is 15.1. The molecule has 2 rings (SSSR count). The lowest BCUT2D eigenvalue weighted by atomic mass is 10.1. The standard InChI is InChI=1S/C15H13BrN2O3/c1-9(13-6-5-12(19)8-14(13)20)17-18-15(21)10-3-2-4-11(16)7-10/h2-8,19-20H,1H3,(H,18,21)/b17-9+. The molecule has 21 heavy (non-hydrogen) atoms. The molecular formula is C15H13BrN2O3. The lowest BCUT2D eigenvalue weighted by molar-refractivity contribution is 0.0954. The van der Waals surface area contributed by atoms with E-state index in [9.17, 15) is 15.0 Å². The molecule has 0 bridgehead atoms. The molecule has 2 aromatic carbocycles. The maximum atomic E-state index is 11.9. The van der Waals surface area contributed by atoms with E-state index >= 15 is 0 Å². The highest BCUT2D eigenvalue weighted by atomic mass is 79.9. The van der Waals surface area contributed by atoms with Gasteiger partial charge in [-0.3, -0.25) is 4.79 Å². The topological polar surface area (TPSA) is 81.9 Å². The normalized spacial score (nSPS) is 11.2. The first-order valence-corrected chi connectivity index (χ1v) is 6.89. The maximum Gasteiger partial charge on any atom is 0.271 e. The summed E-state index contributed by atoms with van der Waals surface area (Å²) >= 11 is 3.29. The Kier molecular flexibility index (Phi) is 4.59. The molecule has 0 heterocycles. The number of aromatic hydroxyl groups is 2. The average molecular weight is 349 g/mol. The van der Waals surface area contributed by atoms with Gasteiger partial charge in [0.25, 0.3) is 5.91 Å². The van der Waals surface area contributed by atoms with Crippen molar-refractivity contribution in [2.75, 3.05) is 0 Å². The van der Waals surface area contributed by atoms with E-state index in [1.165, 1.54) is 18.2 Å². The molecule has 0 aliphatic carbocycles. The number of halogens is 1. The molecule has 6 heteroatoms. The minimum absolute atomic E-state index is 0.0396. The second-order valence-electron chi connectivity index (χ2n) is 4.35. The van der Waals surface area contributed by atoms with Crippen molar-refractivity contribution in [2.24, 2.45) is 5.10 Å². The van der Waals surface area contributed by atoms with Crippen molar-refractivity contribution in [3.63, 3.8) is 0 Å². The molecule has 0 aliphatic heterocycles. The number of phenols is 2. The Morgan fingerprint density at radius 2 is 1.95 bits per heavy atom. The summed E-state index contributed by atoms with van der Waals surface area (Å²) in [5.74, 6) is -0.496. The van der Waals surface area contributed by atoms with Gasteiger partial charge in [-0.2, -0.15) is 5.10 Å². The third-order valence-corrected chi connectivity index (χ3v) is 3.28. The van der Waals surface area contributed by atoms with Gasteiger partial charge in [0.2, 0.25) is 0 Å². The third kappa shape index (κ3) is 3.82. The molecule has 1 amide bonds. The van der Waals surface area contributed by atoms with Gasteiger partial charge in [-0.15, -0.1) is 0 Å². The summed E-state index contributed by atoms with van der Waals surface area (Å²) in [5, 5.41) is 22.9. The Morgan fingerprint density at radius 3 is 2.62 bits per heavy atom. The molecule has 0 atom stereocenters. The fraction of sp³-hybridized carbons (Fsp3) is 0.0667. The van der Waals surface area contributed by atoms with Crippen LogP contribution in [0.3, 0.4) is 0 Å². The van der Waals surface area contributed by atoms with Crippen LogP contribution in [0.5, 0.6) is 11.5 Å². The number of nitrogens with zero attached hydrogens (tertiary/aromatic N) is 1. The highest BCUT2D eigenvalue weighted by Crippen LogP contribution is 2.23. The van der Waals surface area contributed by atoms with Crippen molar-refractivity contribution in [2.45, 2.75) is 6.92 Å². The number of hydrogen-bond donors (Lipinski definition) is 3. The number of hydrazone groups is 1. The van der Waals surface area contributed by atoms with Crippen LogP contribution in [0.2, 0.25) is 0 Å². The smallest absolute Gasteiger partial charge is 0.271 e. The van der Waals surface area contributed by atoms with Crippen LogP contribution in [0.25, 0.3) is 0 Å². The van der Waals surface area contributed by atoms with E-state index in [4.69, 9.17) is 0 Å². The summed E-state index contributed by atoms with van der Waals surface area (Å²) in [6.45, 7) is 1.65. The van der Waals surface area contributed by atoms with E-state index in [2.05, 4.69) is 26.5 Å². The van der Waals surface area contributed by atoms with Crippen molar-refractivity contribution < 1.29 is 15.0 Å². The summed E-state index contributed by atoms with van der Waals surface area (Å²) in [5.41, 5.74) is 3.75. The molecule has 0 radical (unpaired) electrons. The number of hydrogen-bond acceptors (Lipinski definition) is 4. The van der Waals surface area contributed by atoms with Gasteiger partial charge in [0.15, 0.2) is 0 Å². The molecular weight excluding hydrogens is 336 g/mol. The molecule has 2 aromatic rings. The molecule has 3 N–H and O–H groups in total. The molecule has 0 unspecified atom stereocenters. The fourth-order valence-corrected chi connectivity index (χ4v) is 2.11. The number of carbonyl (C=O) groups is 1. The van der Waals surface area contributed by atoms with Gasteiger partial charge in [-0.25, -0.2) is 5.43 Å². The molecule has 0 spiro atoms. The van der Waals surface area contributed by atoms with E-state index in [0.717, 1.165) is 4.47 Å². The molecule has 0 saturated heterocycles. The number of nitrogens with one attached hydrogen (secondary N) is 1. The summed E-state index contributed by atoms with van der Waals surface area (Å²) < 4.78 is 0.798. The number of carbonyl (C=O) groups excluding carboxylic acids is 1. The highest BCUT2D eigenvalue weighted by molar-refractivity contribution is 9.10. The van der Waals surface area contributed by atoms with Gasteiger partial charge in [0.05, 0.1) is 5.71 Å². The number of benzene rings is 2. The van der Waals surface area contributed by atoms with Gasteiger partial charge in [0, 0.05) is 21.7 Å². The second kappa shape index (κ2) is 6.41. The van der Waals surface area contributed by atoms with E-state index in [1.807, 2.05) is 6.07 Å². The van der Waals surface area contributed by atoms with Crippen LogP contribution in [-0.2, 0) is 0 Å². The van der Waals surface area contributed by atoms with Crippen molar-refractivity contribution >= 4 is 27.5 Å². The quantitative estimate of drug-likeness (QED) is 0.589.